The van der Waals surface area contributed by atoms with Crippen molar-refractivity contribution in [3.8, 4) is 0 Å². The fourth-order valence-corrected chi connectivity index (χ4v) is 2.92. The first kappa shape index (κ1) is 16.5. The van der Waals surface area contributed by atoms with Crippen LogP contribution in [0, 0.1) is 0 Å². The first-order chi connectivity index (χ1) is 10.7. The van der Waals surface area contributed by atoms with Crippen molar-refractivity contribution in [3.63, 3.8) is 0 Å². The van der Waals surface area contributed by atoms with E-state index in [1.54, 1.807) is 12.0 Å². The lowest BCUT2D eigenvalue weighted by atomic mass is 9.82. The first-order valence-electron chi connectivity index (χ1n) is 7.59. The van der Waals surface area contributed by atoms with E-state index in [0.717, 1.165) is 24.8 Å². The fraction of sp³-hybridized carbons (Fsp3) is 0.529. The third-order valence-electron chi connectivity index (χ3n) is 4.09. The van der Waals surface area contributed by atoms with E-state index in [9.17, 15) is 9.59 Å². The molecule has 0 aromatic heterocycles. The van der Waals surface area contributed by atoms with Gasteiger partial charge in [-0.2, -0.15) is 0 Å². The molecule has 0 saturated carbocycles. The molecule has 2 rings (SSSR count). The summed E-state index contributed by atoms with van der Waals surface area (Å²) in [5.74, 6) is -0.602. The average molecular weight is 305 g/mol. The van der Waals surface area contributed by atoms with Crippen LogP contribution in [0.1, 0.15) is 29.9 Å². The Hall–Kier alpha value is -1.88. The molecule has 120 valence electrons. The number of esters is 1. The molecule has 1 aliphatic rings. The van der Waals surface area contributed by atoms with E-state index in [1.807, 2.05) is 18.2 Å². The van der Waals surface area contributed by atoms with Crippen molar-refractivity contribution in [2.45, 2.75) is 25.2 Å². The van der Waals surface area contributed by atoms with Gasteiger partial charge < -0.3 is 14.4 Å². The number of aryl methyl sites for hydroxylation is 1. The van der Waals surface area contributed by atoms with Crippen LogP contribution in [-0.4, -0.2) is 50.7 Å². The largest absolute Gasteiger partial charge is 0.468 e. The molecule has 5 heteroatoms. The monoisotopic (exact) mass is 305 g/mol. The summed E-state index contributed by atoms with van der Waals surface area (Å²) in [6, 6.07) is 8.06. The molecule has 0 radical (unpaired) electrons. The summed E-state index contributed by atoms with van der Waals surface area (Å²) < 4.78 is 9.74. The normalized spacial score (nSPS) is 16.7. The lowest BCUT2D eigenvalue weighted by Crippen LogP contribution is -2.41. The maximum Gasteiger partial charge on any atom is 0.325 e. The van der Waals surface area contributed by atoms with Gasteiger partial charge in [-0.25, -0.2) is 0 Å². The summed E-state index contributed by atoms with van der Waals surface area (Å²) in [7, 11) is 2.91. The summed E-state index contributed by atoms with van der Waals surface area (Å²) in [6.07, 6.45) is 2.82. The van der Waals surface area contributed by atoms with Crippen LogP contribution in [-0.2, 0) is 25.5 Å². The van der Waals surface area contributed by atoms with Crippen LogP contribution in [0.4, 0.5) is 0 Å². The van der Waals surface area contributed by atoms with Gasteiger partial charge in [0, 0.05) is 13.7 Å². The zero-order valence-corrected chi connectivity index (χ0v) is 13.2. The molecular formula is C17H23NO4. The van der Waals surface area contributed by atoms with E-state index in [-0.39, 0.29) is 18.4 Å². The summed E-state index contributed by atoms with van der Waals surface area (Å²) in [6.45, 7) is 0.761. The highest BCUT2D eigenvalue weighted by Crippen LogP contribution is 2.32. The number of methoxy groups -OCH3 is 2. The number of hydrogen-bond acceptors (Lipinski definition) is 4. The Bertz CT molecular complexity index is 529. The maximum absolute atomic E-state index is 12.9. The Balaban J connectivity index is 2.17. The molecule has 5 nitrogen and oxygen atoms in total. The van der Waals surface area contributed by atoms with E-state index in [1.165, 1.54) is 12.7 Å². The fourth-order valence-electron chi connectivity index (χ4n) is 2.92. The van der Waals surface area contributed by atoms with Crippen molar-refractivity contribution in [2.24, 2.45) is 0 Å². The third kappa shape index (κ3) is 3.85. The van der Waals surface area contributed by atoms with Gasteiger partial charge in [0.1, 0.15) is 6.54 Å². The number of ether oxygens (including phenoxy) is 2. The molecule has 0 bridgehead atoms. The molecule has 22 heavy (non-hydrogen) atoms. The van der Waals surface area contributed by atoms with Crippen LogP contribution in [0.2, 0.25) is 0 Å². The van der Waals surface area contributed by atoms with Gasteiger partial charge in [-0.15, -0.1) is 0 Å². The number of rotatable bonds is 6. The van der Waals surface area contributed by atoms with Gasteiger partial charge in [0.15, 0.2) is 0 Å². The molecule has 0 saturated heterocycles. The highest BCUT2D eigenvalue weighted by molar-refractivity contribution is 5.87. The van der Waals surface area contributed by atoms with Gasteiger partial charge in [-0.1, -0.05) is 24.3 Å². The molecule has 0 aliphatic heterocycles. The number of nitrogens with zero attached hydrogens (tertiary/aromatic N) is 1. The van der Waals surface area contributed by atoms with Gasteiger partial charge in [0.25, 0.3) is 0 Å². The molecular weight excluding hydrogens is 282 g/mol. The van der Waals surface area contributed by atoms with Crippen LogP contribution in [0.25, 0.3) is 0 Å². The van der Waals surface area contributed by atoms with Crippen molar-refractivity contribution < 1.29 is 19.1 Å². The summed E-state index contributed by atoms with van der Waals surface area (Å²) in [5.41, 5.74) is 2.32. The Labute approximate surface area is 131 Å². The molecule has 1 atom stereocenters. The first-order valence-corrected chi connectivity index (χ1v) is 7.59. The quantitative estimate of drug-likeness (QED) is 0.751. The van der Waals surface area contributed by atoms with Crippen molar-refractivity contribution in [1.29, 1.82) is 0 Å². The molecule has 0 N–H and O–H groups in total. The van der Waals surface area contributed by atoms with Gasteiger partial charge in [-0.05, 0) is 30.4 Å². The summed E-state index contributed by atoms with van der Waals surface area (Å²) >= 11 is 0. The number of benzene rings is 1. The van der Waals surface area contributed by atoms with E-state index in [2.05, 4.69) is 6.07 Å². The number of fused-ring (bicyclic) bond motifs is 1. The second-order valence-corrected chi connectivity index (χ2v) is 5.47. The zero-order valence-electron chi connectivity index (χ0n) is 13.2. The Kier molecular flexibility index (Phi) is 5.95. The van der Waals surface area contributed by atoms with E-state index in [0.29, 0.717) is 13.2 Å². The minimum absolute atomic E-state index is 0.0189. The molecule has 1 aliphatic carbocycles. The van der Waals surface area contributed by atoms with Crippen LogP contribution in [0.5, 0.6) is 0 Å². The van der Waals surface area contributed by atoms with Gasteiger partial charge in [0.2, 0.25) is 5.91 Å². The Morgan fingerprint density at radius 3 is 2.77 bits per heavy atom. The predicted octanol–water partition coefficient (Wildman–Crippen LogP) is 1.75. The number of amides is 1. The van der Waals surface area contributed by atoms with E-state index < -0.39 is 5.97 Å². The minimum atomic E-state index is -0.409. The van der Waals surface area contributed by atoms with Crippen LogP contribution >= 0.6 is 0 Å². The lowest BCUT2D eigenvalue weighted by molar-refractivity contribution is -0.148. The van der Waals surface area contributed by atoms with Crippen molar-refractivity contribution >= 4 is 11.9 Å². The predicted molar refractivity (Wildman–Crippen MR) is 82.6 cm³/mol. The molecule has 1 aromatic rings. The van der Waals surface area contributed by atoms with Crippen LogP contribution in [0.15, 0.2) is 24.3 Å². The standard InChI is InChI=1S/C17H23NO4/c1-21-11-10-18(12-16(19)22-2)17(20)15-9-5-7-13-6-3-4-8-14(13)15/h3-4,6,8,15H,5,7,9-12H2,1-2H3. The van der Waals surface area contributed by atoms with Gasteiger partial charge in [0.05, 0.1) is 19.6 Å². The molecule has 1 unspecified atom stereocenters. The molecule has 0 fully saturated rings. The molecule has 0 heterocycles. The third-order valence-corrected chi connectivity index (χ3v) is 4.09. The topological polar surface area (TPSA) is 55.8 Å². The Morgan fingerprint density at radius 1 is 1.27 bits per heavy atom. The van der Waals surface area contributed by atoms with E-state index >= 15 is 0 Å². The summed E-state index contributed by atoms with van der Waals surface area (Å²) in [5, 5.41) is 0. The minimum Gasteiger partial charge on any atom is -0.468 e. The van der Waals surface area contributed by atoms with Gasteiger partial charge in [-0.3, -0.25) is 9.59 Å². The molecule has 0 spiro atoms. The maximum atomic E-state index is 12.9. The average Bonchev–Trinajstić information content (AvgIpc) is 2.57. The SMILES string of the molecule is COCCN(CC(=O)OC)C(=O)C1CCCc2ccccc21. The molecule has 1 amide bonds. The number of hydrogen-bond donors (Lipinski definition) is 0. The highest BCUT2D eigenvalue weighted by atomic mass is 16.5. The second-order valence-electron chi connectivity index (χ2n) is 5.47. The van der Waals surface area contributed by atoms with Crippen molar-refractivity contribution in [1.82, 2.24) is 4.90 Å². The van der Waals surface area contributed by atoms with Crippen molar-refractivity contribution in [2.75, 3.05) is 33.9 Å². The van der Waals surface area contributed by atoms with Gasteiger partial charge >= 0.3 is 5.97 Å². The number of carbonyl (C=O) groups excluding carboxylic acids is 2. The van der Waals surface area contributed by atoms with Crippen molar-refractivity contribution in [3.05, 3.63) is 35.4 Å². The number of carbonyl (C=O) groups is 2. The second kappa shape index (κ2) is 7.94. The summed E-state index contributed by atoms with van der Waals surface area (Å²) in [4.78, 5) is 26.0. The smallest absolute Gasteiger partial charge is 0.325 e. The molecule has 1 aromatic carbocycles. The van der Waals surface area contributed by atoms with E-state index in [4.69, 9.17) is 9.47 Å². The Morgan fingerprint density at radius 2 is 2.05 bits per heavy atom. The highest BCUT2D eigenvalue weighted by Gasteiger charge is 2.30. The van der Waals surface area contributed by atoms with Crippen LogP contribution in [0.3, 0.4) is 0 Å². The van der Waals surface area contributed by atoms with Crippen LogP contribution < -0.4 is 0 Å². The zero-order chi connectivity index (χ0) is 15.9. The lowest BCUT2D eigenvalue weighted by Gasteiger charge is -2.30.